The molecule has 3 aliphatic rings. The molecule has 30 heavy (non-hydrogen) atoms. The number of sulfonamides is 1. The largest absolute Gasteiger partial charge is 0.290 e. The van der Waals surface area contributed by atoms with Crippen LogP contribution in [0.25, 0.3) is 10.8 Å². The van der Waals surface area contributed by atoms with Gasteiger partial charge in [0.2, 0.25) is 21.5 Å². The number of ketones is 1. The fourth-order valence-corrected chi connectivity index (χ4v) is 6.95. The van der Waals surface area contributed by atoms with Crippen LogP contribution in [0.2, 0.25) is 0 Å². The van der Waals surface area contributed by atoms with Gasteiger partial charge in [-0.25, -0.2) is 13.5 Å². The predicted molar refractivity (Wildman–Crippen MR) is 113 cm³/mol. The van der Waals surface area contributed by atoms with Crippen LogP contribution in [0.4, 0.5) is 5.69 Å². The molecule has 0 amide bonds. The second-order valence-corrected chi connectivity index (χ2v) is 10.1. The number of Topliss-reactive ketones (excluding diaryl/α,β-unsaturated/α-hetero) is 1. The van der Waals surface area contributed by atoms with E-state index in [0.29, 0.717) is 30.8 Å². The van der Waals surface area contributed by atoms with Crippen LogP contribution in [0.1, 0.15) is 22.3 Å². The van der Waals surface area contributed by atoms with E-state index >= 15 is 0 Å². The van der Waals surface area contributed by atoms with Gasteiger partial charge in [0.05, 0.1) is 17.2 Å². The average molecular weight is 420 g/mol. The van der Waals surface area contributed by atoms with Gasteiger partial charge in [0, 0.05) is 23.4 Å². The second kappa shape index (κ2) is 5.91. The van der Waals surface area contributed by atoms with E-state index in [0.717, 1.165) is 16.3 Å². The maximum absolute atomic E-state index is 13.8. The third-order valence-corrected chi connectivity index (χ3v) is 8.55. The Kier molecular flexibility index (Phi) is 3.56. The molecule has 0 radical (unpaired) electrons. The Morgan fingerprint density at radius 3 is 2.60 bits per heavy atom. The molecular weight excluding hydrogens is 400 g/mol. The average Bonchev–Trinajstić information content (AvgIpc) is 3.37. The summed E-state index contributed by atoms with van der Waals surface area (Å²) in [4.78, 5) is 20.1. The van der Waals surface area contributed by atoms with Crippen LogP contribution in [0.15, 0.2) is 65.6 Å². The number of anilines is 1. The van der Waals surface area contributed by atoms with Crippen molar-refractivity contribution < 1.29 is 18.0 Å². The molecule has 0 bridgehead atoms. The van der Waals surface area contributed by atoms with E-state index in [1.807, 2.05) is 37.3 Å². The predicted octanol–water partition coefficient (Wildman–Crippen LogP) is 3.50. The Hall–Kier alpha value is -2.74. The molecule has 7 heteroatoms. The quantitative estimate of drug-likeness (QED) is 0.635. The number of carbonyl (C=O) groups excluding carboxylic acids is 1. The smallest absolute Gasteiger partial charge is 0.245 e. The van der Waals surface area contributed by atoms with E-state index in [4.69, 9.17) is 4.84 Å². The lowest BCUT2D eigenvalue weighted by Crippen LogP contribution is -2.60. The van der Waals surface area contributed by atoms with Gasteiger partial charge in [0.15, 0.2) is 0 Å². The molecule has 2 saturated heterocycles. The Labute approximate surface area is 174 Å². The van der Waals surface area contributed by atoms with Gasteiger partial charge in [0.25, 0.3) is 0 Å². The van der Waals surface area contributed by atoms with Crippen molar-refractivity contribution in [3.8, 4) is 0 Å². The first-order chi connectivity index (χ1) is 14.5. The molecule has 6 nitrogen and oxygen atoms in total. The summed E-state index contributed by atoms with van der Waals surface area (Å²) in [5.74, 6) is -0.407. The van der Waals surface area contributed by atoms with Crippen molar-refractivity contribution in [2.45, 2.75) is 23.9 Å². The van der Waals surface area contributed by atoms with Gasteiger partial charge in [-0.2, -0.15) is 4.31 Å². The molecule has 2 fully saturated rings. The molecule has 1 spiro atoms. The first kappa shape index (κ1) is 18.1. The van der Waals surface area contributed by atoms with Gasteiger partial charge < -0.3 is 0 Å². The van der Waals surface area contributed by atoms with E-state index in [2.05, 4.69) is 0 Å². The summed E-state index contributed by atoms with van der Waals surface area (Å²) in [6.45, 7) is 2.53. The van der Waals surface area contributed by atoms with Crippen molar-refractivity contribution in [2.24, 2.45) is 5.92 Å². The zero-order chi connectivity index (χ0) is 20.7. The number of aryl methyl sites for hydroxylation is 1. The van der Waals surface area contributed by atoms with Crippen molar-refractivity contribution in [1.82, 2.24) is 4.31 Å². The number of fused-ring (bicyclic) bond motifs is 4. The number of carbonyl (C=O) groups is 1. The van der Waals surface area contributed by atoms with Gasteiger partial charge in [-0.1, -0.05) is 48.0 Å². The molecule has 2 atom stereocenters. The number of hydroxylamine groups is 1. The van der Waals surface area contributed by atoms with Crippen molar-refractivity contribution in [3.05, 3.63) is 71.8 Å². The molecule has 0 unspecified atom stereocenters. The van der Waals surface area contributed by atoms with Crippen LogP contribution < -0.4 is 5.06 Å². The van der Waals surface area contributed by atoms with Gasteiger partial charge >= 0.3 is 0 Å². The summed E-state index contributed by atoms with van der Waals surface area (Å²) < 4.78 is 28.7. The first-order valence-electron chi connectivity index (χ1n) is 10.0. The lowest BCUT2D eigenvalue weighted by atomic mass is 9.91. The van der Waals surface area contributed by atoms with Gasteiger partial charge in [-0.3, -0.25) is 9.63 Å². The summed E-state index contributed by atoms with van der Waals surface area (Å²) in [5.41, 5.74) is 0.819. The highest BCUT2D eigenvalue weighted by atomic mass is 32.2. The molecule has 152 valence electrons. The second-order valence-electron chi connectivity index (χ2n) is 8.20. The van der Waals surface area contributed by atoms with Crippen LogP contribution in [-0.2, 0) is 14.9 Å². The molecule has 3 aromatic carbocycles. The minimum Gasteiger partial charge on any atom is -0.290 e. The number of rotatable bonds is 2. The molecule has 0 aliphatic carbocycles. The summed E-state index contributed by atoms with van der Waals surface area (Å²) in [6.07, 6.45) is 0.583. The van der Waals surface area contributed by atoms with Crippen LogP contribution in [0.5, 0.6) is 0 Å². The van der Waals surface area contributed by atoms with Crippen molar-refractivity contribution in [1.29, 1.82) is 0 Å². The summed E-state index contributed by atoms with van der Waals surface area (Å²) >= 11 is 0. The number of hydrogen-bond acceptors (Lipinski definition) is 5. The first-order valence-corrected chi connectivity index (χ1v) is 11.5. The Morgan fingerprint density at radius 2 is 1.80 bits per heavy atom. The van der Waals surface area contributed by atoms with E-state index in [-0.39, 0.29) is 16.6 Å². The van der Waals surface area contributed by atoms with Crippen molar-refractivity contribution >= 4 is 32.3 Å². The topological polar surface area (TPSA) is 66.9 Å². The monoisotopic (exact) mass is 420 g/mol. The lowest BCUT2D eigenvalue weighted by molar-refractivity contribution is 0.0689. The molecular formula is C23H20N2O4S. The van der Waals surface area contributed by atoms with Crippen LogP contribution in [-0.4, -0.2) is 37.3 Å². The number of benzene rings is 3. The Balaban J connectivity index is 1.57. The number of nitrogens with zero attached hydrogens (tertiary/aromatic N) is 2. The minimum absolute atomic E-state index is 0.195. The van der Waals surface area contributed by atoms with Crippen molar-refractivity contribution in [2.75, 3.05) is 18.2 Å². The Bertz CT molecular complexity index is 1320. The third kappa shape index (κ3) is 2.05. The fraction of sp³-hybridized carbons (Fsp3) is 0.261. The maximum Gasteiger partial charge on any atom is 0.245 e. The molecule has 3 heterocycles. The number of hydrogen-bond donors (Lipinski definition) is 0. The molecule has 3 aromatic rings. The molecule has 0 saturated carbocycles. The summed E-state index contributed by atoms with van der Waals surface area (Å²) in [5, 5.41) is 3.47. The minimum atomic E-state index is -3.89. The molecule has 6 rings (SSSR count). The molecule has 0 aromatic heterocycles. The van der Waals surface area contributed by atoms with Crippen LogP contribution in [0, 0.1) is 12.8 Å². The summed E-state index contributed by atoms with van der Waals surface area (Å²) in [6, 6.07) is 18.3. The maximum atomic E-state index is 13.8. The molecule has 3 aliphatic heterocycles. The zero-order valence-electron chi connectivity index (χ0n) is 16.4. The van der Waals surface area contributed by atoms with Gasteiger partial charge in [0.1, 0.15) is 0 Å². The van der Waals surface area contributed by atoms with E-state index in [9.17, 15) is 13.2 Å². The highest BCUT2D eigenvalue weighted by molar-refractivity contribution is 7.89. The van der Waals surface area contributed by atoms with Gasteiger partial charge in [-0.05, 0) is 36.9 Å². The van der Waals surface area contributed by atoms with E-state index in [1.165, 1.54) is 4.31 Å². The van der Waals surface area contributed by atoms with E-state index < -0.39 is 15.7 Å². The summed E-state index contributed by atoms with van der Waals surface area (Å²) in [7, 11) is -3.89. The lowest BCUT2D eigenvalue weighted by Gasteiger charge is -2.37. The van der Waals surface area contributed by atoms with Crippen LogP contribution >= 0.6 is 0 Å². The van der Waals surface area contributed by atoms with Crippen LogP contribution in [0.3, 0.4) is 0 Å². The van der Waals surface area contributed by atoms with E-state index in [1.54, 1.807) is 35.4 Å². The highest BCUT2D eigenvalue weighted by Gasteiger charge is 2.70. The SMILES string of the molecule is Cc1ccc(S(=O)(=O)N2CC[C@@H]3CON4c5c(ccc6ccccc56)C(=O)[C@@]342)cc1. The standard InChI is InChI=1S/C23H20N2O4S/c1-15-6-9-18(10-7-15)30(27,28)24-13-12-17-14-29-25-21-19-5-3-2-4-16(19)8-11-20(21)22(26)23(17,24)25/h2-11,17H,12-14H2,1H3/t17-,23-/m1/s1. The van der Waals surface area contributed by atoms with Gasteiger partial charge in [-0.15, -0.1) is 0 Å². The zero-order valence-corrected chi connectivity index (χ0v) is 17.2. The fourth-order valence-electron chi connectivity index (χ4n) is 5.20. The highest BCUT2D eigenvalue weighted by Crippen LogP contribution is 2.56. The Morgan fingerprint density at radius 1 is 1.03 bits per heavy atom. The van der Waals surface area contributed by atoms with Crippen molar-refractivity contribution in [3.63, 3.8) is 0 Å². The normalized spacial score (nSPS) is 25.6. The third-order valence-electron chi connectivity index (χ3n) is 6.64. The molecule has 0 N–H and O–H groups in total.